The molecule has 1 aliphatic rings. The van der Waals surface area contributed by atoms with Gasteiger partial charge in [0.05, 0.1) is 11.2 Å². The molecule has 1 saturated heterocycles. The van der Waals surface area contributed by atoms with Crippen molar-refractivity contribution in [1.29, 1.82) is 0 Å². The third-order valence-electron chi connectivity index (χ3n) is 4.75. The molecule has 0 unspecified atom stereocenters. The molecule has 0 amide bonds. The van der Waals surface area contributed by atoms with Crippen molar-refractivity contribution in [2.24, 2.45) is 0 Å². The average Bonchev–Trinajstić information content (AvgIpc) is 2.79. The zero-order valence-electron chi connectivity index (χ0n) is 16.9. The van der Waals surface area contributed by atoms with Crippen LogP contribution in [0.3, 0.4) is 0 Å². The van der Waals surface area contributed by atoms with E-state index in [-0.39, 0.29) is 11.3 Å². The van der Waals surface area contributed by atoms with Crippen molar-refractivity contribution in [2.75, 3.05) is 0 Å². The number of carbonyl (C=O) groups excluding carboxylic acids is 1. The minimum absolute atomic E-state index is 0.239. The van der Waals surface area contributed by atoms with Gasteiger partial charge in [-0.05, 0) is 46.2 Å². The fourth-order valence-electron chi connectivity index (χ4n) is 3.33. The molecule has 1 aromatic carbocycles. The van der Waals surface area contributed by atoms with E-state index in [0.717, 1.165) is 0 Å². The first kappa shape index (κ1) is 21.3. The number of benzene rings is 1. The summed E-state index contributed by atoms with van der Waals surface area (Å²) in [6, 6.07) is 8.66. The van der Waals surface area contributed by atoms with Gasteiger partial charge in [0.2, 0.25) is 5.54 Å². The van der Waals surface area contributed by atoms with Crippen LogP contribution in [0.2, 0.25) is 0 Å². The van der Waals surface area contributed by atoms with Gasteiger partial charge < -0.3 is 14.2 Å². The summed E-state index contributed by atoms with van der Waals surface area (Å²) in [6.45, 7) is 10.5. The predicted octanol–water partition coefficient (Wildman–Crippen LogP) is 3.98. The van der Waals surface area contributed by atoms with E-state index in [4.69, 9.17) is 14.2 Å². The van der Waals surface area contributed by atoms with Gasteiger partial charge in [-0.3, -0.25) is 10.1 Å². The minimum atomic E-state index is -1.13. The van der Waals surface area contributed by atoms with Gasteiger partial charge in [-0.25, -0.2) is 4.79 Å². The summed E-state index contributed by atoms with van der Waals surface area (Å²) in [5.74, 6) is -1.31. The fourth-order valence-corrected chi connectivity index (χ4v) is 3.33. The maximum absolute atomic E-state index is 12.6. The molecule has 0 saturated carbocycles. The lowest BCUT2D eigenvalue weighted by molar-refractivity contribution is -0.562. The molecule has 7 nitrogen and oxygen atoms in total. The number of hydrogen-bond donors (Lipinski definition) is 0. The molecule has 0 radical (unpaired) electrons. The highest BCUT2D eigenvalue weighted by molar-refractivity contribution is 5.89. The van der Waals surface area contributed by atoms with Crippen molar-refractivity contribution in [2.45, 2.75) is 83.5 Å². The lowest BCUT2D eigenvalue weighted by Crippen LogP contribution is -2.45. The summed E-state index contributed by atoms with van der Waals surface area (Å²) in [5.41, 5.74) is -1.41. The molecule has 1 heterocycles. The van der Waals surface area contributed by atoms with E-state index < -0.39 is 35.1 Å². The standard InChI is InChI=1S/C20H29NO6/c1-18(2,21(23)24)13-12-15(16-19(3,4)27-20(5,6)26-16)25-17(22)14-10-8-7-9-11-14/h7-11,15-16H,12-13H2,1-6H3/t15-,16-/m0/s1. The molecule has 1 aromatic rings. The molecule has 2 rings (SSSR count). The Hall–Kier alpha value is -1.99. The van der Waals surface area contributed by atoms with Crippen LogP contribution in [-0.2, 0) is 14.2 Å². The van der Waals surface area contributed by atoms with Crippen LogP contribution < -0.4 is 0 Å². The van der Waals surface area contributed by atoms with Crippen LogP contribution in [0.15, 0.2) is 30.3 Å². The molecule has 150 valence electrons. The van der Waals surface area contributed by atoms with Crippen molar-refractivity contribution >= 4 is 5.97 Å². The number of carbonyl (C=O) groups is 1. The predicted molar refractivity (Wildman–Crippen MR) is 100 cm³/mol. The number of esters is 1. The van der Waals surface area contributed by atoms with E-state index >= 15 is 0 Å². The molecular weight excluding hydrogens is 350 g/mol. The number of hydrogen-bond acceptors (Lipinski definition) is 6. The first-order chi connectivity index (χ1) is 12.3. The summed E-state index contributed by atoms with van der Waals surface area (Å²) in [6.07, 6.45) is -0.681. The highest BCUT2D eigenvalue weighted by atomic mass is 16.8. The first-order valence-corrected chi connectivity index (χ1v) is 9.13. The SMILES string of the molecule is CC1(C)O[C@@H]([C@H](CCC(C)(C)[N+](=O)[O-])OC(=O)c2ccccc2)C(C)(C)O1. The van der Waals surface area contributed by atoms with Gasteiger partial charge in [0.1, 0.15) is 12.2 Å². The van der Waals surface area contributed by atoms with Crippen molar-refractivity contribution in [1.82, 2.24) is 0 Å². The second kappa shape index (κ2) is 7.56. The second-order valence-corrected chi connectivity index (χ2v) is 8.56. The van der Waals surface area contributed by atoms with Crippen LogP contribution in [0.4, 0.5) is 0 Å². The molecular formula is C20H29NO6. The van der Waals surface area contributed by atoms with Gasteiger partial charge in [0.25, 0.3) is 0 Å². The highest BCUT2D eigenvalue weighted by Gasteiger charge is 2.52. The zero-order valence-corrected chi connectivity index (χ0v) is 16.9. The Morgan fingerprint density at radius 2 is 1.85 bits per heavy atom. The summed E-state index contributed by atoms with van der Waals surface area (Å²) in [7, 11) is 0. The largest absolute Gasteiger partial charge is 0.456 e. The van der Waals surface area contributed by atoms with Crippen molar-refractivity contribution in [3.63, 3.8) is 0 Å². The zero-order chi connectivity index (χ0) is 20.5. The molecule has 7 heteroatoms. The molecule has 1 aliphatic heterocycles. The Kier molecular flexibility index (Phi) is 5.97. The van der Waals surface area contributed by atoms with E-state index in [1.165, 1.54) is 0 Å². The quantitative estimate of drug-likeness (QED) is 0.404. The number of rotatable bonds is 7. The normalized spacial score (nSPS) is 22.2. The molecule has 1 fully saturated rings. The van der Waals surface area contributed by atoms with Crippen LogP contribution in [0.1, 0.15) is 64.7 Å². The van der Waals surface area contributed by atoms with Gasteiger partial charge >= 0.3 is 5.97 Å². The molecule has 0 aliphatic carbocycles. The Balaban J connectivity index is 2.23. The topological polar surface area (TPSA) is 87.9 Å². The highest BCUT2D eigenvalue weighted by Crippen LogP contribution is 2.40. The molecule has 27 heavy (non-hydrogen) atoms. The maximum atomic E-state index is 12.6. The average molecular weight is 379 g/mol. The molecule has 2 atom stereocenters. The minimum Gasteiger partial charge on any atom is -0.456 e. The van der Waals surface area contributed by atoms with Crippen LogP contribution in [-0.4, -0.2) is 40.0 Å². The maximum Gasteiger partial charge on any atom is 0.338 e. The molecule has 0 N–H and O–H groups in total. The summed E-state index contributed by atoms with van der Waals surface area (Å²) in [5, 5.41) is 11.3. The Morgan fingerprint density at radius 1 is 1.26 bits per heavy atom. The smallest absolute Gasteiger partial charge is 0.338 e. The summed E-state index contributed by atoms with van der Waals surface area (Å²) >= 11 is 0. The van der Waals surface area contributed by atoms with Crippen LogP contribution in [0.5, 0.6) is 0 Å². The van der Waals surface area contributed by atoms with Gasteiger partial charge in [-0.1, -0.05) is 18.2 Å². The molecule has 0 spiro atoms. The van der Waals surface area contributed by atoms with E-state index in [0.29, 0.717) is 12.0 Å². The summed E-state index contributed by atoms with van der Waals surface area (Å²) in [4.78, 5) is 23.5. The van der Waals surface area contributed by atoms with E-state index in [2.05, 4.69) is 0 Å². The summed E-state index contributed by atoms with van der Waals surface area (Å²) < 4.78 is 17.7. The van der Waals surface area contributed by atoms with Crippen LogP contribution in [0.25, 0.3) is 0 Å². The van der Waals surface area contributed by atoms with E-state index in [1.807, 2.05) is 19.9 Å². The third kappa shape index (κ3) is 5.26. The van der Waals surface area contributed by atoms with Crippen LogP contribution in [0, 0.1) is 10.1 Å². The fraction of sp³-hybridized carbons (Fsp3) is 0.650. The van der Waals surface area contributed by atoms with Crippen molar-refractivity contribution in [3.05, 3.63) is 46.0 Å². The number of nitrogens with zero attached hydrogens (tertiary/aromatic N) is 1. The lowest BCUT2D eigenvalue weighted by Gasteiger charge is -2.31. The molecule has 0 aromatic heterocycles. The third-order valence-corrected chi connectivity index (χ3v) is 4.75. The monoisotopic (exact) mass is 379 g/mol. The first-order valence-electron chi connectivity index (χ1n) is 9.13. The van der Waals surface area contributed by atoms with Gasteiger partial charge in [-0.15, -0.1) is 0 Å². The van der Waals surface area contributed by atoms with E-state index in [1.54, 1.807) is 52.0 Å². The molecule has 0 bridgehead atoms. The van der Waals surface area contributed by atoms with Crippen molar-refractivity contribution < 1.29 is 23.9 Å². The number of nitro groups is 1. The van der Waals surface area contributed by atoms with Gasteiger partial charge in [0.15, 0.2) is 5.79 Å². The van der Waals surface area contributed by atoms with E-state index in [9.17, 15) is 14.9 Å². The lowest BCUT2D eigenvalue weighted by atomic mass is 9.90. The van der Waals surface area contributed by atoms with Crippen LogP contribution >= 0.6 is 0 Å². The van der Waals surface area contributed by atoms with Gasteiger partial charge in [0, 0.05) is 25.2 Å². The second-order valence-electron chi connectivity index (χ2n) is 8.56. The Bertz CT molecular complexity index is 683. The Labute approximate surface area is 160 Å². The van der Waals surface area contributed by atoms with Gasteiger partial charge in [-0.2, -0.15) is 0 Å². The van der Waals surface area contributed by atoms with Crippen molar-refractivity contribution in [3.8, 4) is 0 Å². The number of ether oxygens (including phenoxy) is 3. The Morgan fingerprint density at radius 3 is 2.33 bits per heavy atom.